The summed E-state index contributed by atoms with van der Waals surface area (Å²) in [6.07, 6.45) is 4.31. The molecule has 4 fully saturated rings. The van der Waals surface area contributed by atoms with Gasteiger partial charge in [-0.2, -0.15) is 0 Å². The van der Waals surface area contributed by atoms with Gasteiger partial charge in [0.2, 0.25) is 0 Å². The SMILES string of the molecule is CC12CCC3=C(COC3=O)C1CC1OC13C(=O)C(CCCOC(=O)NCCCN)CC1OC123. The van der Waals surface area contributed by atoms with E-state index in [1.807, 2.05) is 0 Å². The zero-order valence-corrected chi connectivity index (χ0v) is 19.0. The monoisotopic (exact) mass is 460 g/mol. The molecule has 0 aromatic rings. The molecule has 3 aliphatic carbocycles. The first-order valence-corrected chi connectivity index (χ1v) is 12.3. The molecule has 6 aliphatic rings. The Balaban J connectivity index is 1.13. The van der Waals surface area contributed by atoms with Crippen molar-refractivity contribution in [2.24, 2.45) is 23.0 Å². The second kappa shape index (κ2) is 7.26. The van der Waals surface area contributed by atoms with E-state index < -0.39 is 17.3 Å². The van der Waals surface area contributed by atoms with Gasteiger partial charge in [0.25, 0.3) is 0 Å². The average Bonchev–Trinajstić information content (AvgIpc) is 3.67. The number of nitrogens with one attached hydrogen (secondary N) is 1. The Hall–Kier alpha value is -1.97. The van der Waals surface area contributed by atoms with E-state index in [0.29, 0.717) is 51.8 Å². The van der Waals surface area contributed by atoms with Crippen LogP contribution in [0.3, 0.4) is 0 Å². The Kier molecular flexibility index (Phi) is 4.74. The fourth-order valence-electron chi connectivity index (χ4n) is 7.57. The minimum Gasteiger partial charge on any atom is -0.458 e. The fraction of sp³-hybridized carbons (Fsp3) is 0.792. The van der Waals surface area contributed by atoms with Crippen molar-refractivity contribution in [2.75, 3.05) is 26.3 Å². The molecule has 0 radical (unpaired) electrons. The molecule has 3 N–H and O–H groups in total. The Bertz CT molecular complexity index is 949. The highest BCUT2D eigenvalue weighted by molar-refractivity contribution is 5.97. The lowest BCUT2D eigenvalue weighted by Crippen LogP contribution is -2.64. The standard InChI is InChI=1S/C24H32N2O7/c1-22-6-5-14-15(12-31-20(14)28)16(22)11-17-23(32-17)19(27)13(10-18-24(22,23)33-18)4-2-9-30-21(29)26-8-3-7-25/h13,16-18H,2-12,25H2,1H3,(H,26,29). The number of alkyl carbamates (subject to hydrolysis) is 1. The van der Waals surface area contributed by atoms with Crippen LogP contribution in [0.1, 0.15) is 51.9 Å². The Morgan fingerprint density at radius 3 is 2.88 bits per heavy atom. The number of nitrogens with two attached hydrogens (primary N) is 1. The molecule has 0 aromatic heterocycles. The largest absolute Gasteiger partial charge is 0.458 e. The van der Waals surface area contributed by atoms with E-state index in [-0.39, 0.29) is 47.8 Å². The molecule has 9 nitrogen and oxygen atoms in total. The third-order valence-corrected chi connectivity index (χ3v) is 9.19. The van der Waals surface area contributed by atoms with Crippen LogP contribution in [-0.4, -0.2) is 67.6 Å². The van der Waals surface area contributed by atoms with Crippen molar-refractivity contribution in [2.45, 2.75) is 75.3 Å². The number of cyclic esters (lactones) is 1. The maximum atomic E-state index is 13.7. The molecular weight excluding hydrogens is 428 g/mol. The van der Waals surface area contributed by atoms with E-state index in [4.69, 9.17) is 24.7 Å². The molecule has 180 valence electrons. The molecule has 3 heterocycles. The molecule has 2 spiro atoms. The van der Waals surface area contributed by atoms with Gasteiger partial charge in [-0.15, -0.1) is 0 Å². The lowest BCUT2D eigenvalue weighted by atomic mass is 9.47. The molecule has 9 heteroatoms. The highest BCUT2D eigenvalue weighted by atomic mass is 16.7. The van der Waals surface area contributed by atoms with Crippen LogP contribution in [0.15, 0.2) is 11.1 Å². The van der Waals surface area contributed by atoms with Gasteiger partial charge in [0.05, 0.1) is 18.8 Å². The highest BCUT2D eigenvalue weighted by Gasteiger charge is 2.93. The van der Waals surface area contributed by atoms with Crippen molar-refractivity contribution in [3.8, 4) is 0 Å². The van der Waals surface area contributed by atoms with Crippen LogP contribution in [-0.2, 0) is 28.5 Å². The van der Waals surface area contributed by atoms with Crippen molar-refractivity contribution in [3.05, 3.63) is 11.1 Å². The van der Waals surface area contributed by atoms with Gasteiger partial charge >= 0.3 is 12.1 Å². The maximum Gasteiger partial charge on any atom is 0.407 e. The van der Waals surface area contributed by atoms with Gasteiger partial charge in [-0.3, -0.25) is 4.79 Å². The molecule has 6 rings (SSSR count). The first-order valence-electron chi connectivity index (χ1n) is 12.3. The van der Waals surface area contributed by atoms with Gasteiger partial charge < -0.3 is 30.0 Å². The summed E-state index contributed by atoms with van der Waals surface area (Å²) < 4.78 is 23.3. The van der Waals surface area contributed by atoms with Crippen molar-refractivity contribution >= 4 is 17.8 Å². The summed E-state index contributed by atoms with van der Waals surface area (Å²) in [5, 5.41) is 2.66. The number of hydrogen-bond donors (Lipinski definition) is 2. The normalized spacial score (nSPS) is 44.1. The van der Waals surface area contributed by atoms with Crippen molar-refractivity contribution in [1.82, 2.24) is 5.32 Å². The third-order valence-electron chi connectivity index (χ3n) is 9.19. The number of epoxide rings is 2. The summed E-state index contributed by atoms with van der Waals surface area (Å²) in [6.45, 7) is 3.89. The summed E-state index contributed by atoms with van der Waals surface area (Å²) in [7, 11) is 0. The number of hydrogen-bond acceptors (Lipinski definition) is 8. The number of amides is 1. The predicted molar refractivity (Wildman–Crippen MR) is 114 cm³/mol. The van der Waals surface area contributed by atoms with Gasteiger partial charge in [-0.1, -0.05) is 6.92 Å². The fourth-order valence-corrected chi connectivity index (χ4v) is 7.57. The van der Waals surface area contributed by atoms with Gasteiger partial charge in [0, 0.05) is 23.5 Å². The Morgan fingerprint density at radius 1 is 1.21 bits per heavy atom. The molecule has 3 aliphatic heterocycles. The maximum absolute atomic E-state index is 13.7. The molecule has 7 unspecified atom stereocenters. The molecule has 7 atom stereocenters. The quantitative estimate of drug-likeness (QED) is 0.331. The highest BCUT2D eigenvalue weighted by Crippen LogP contribution is 2.78. The summed E-state index contributed by atoms with van der Waals surface area (Å²) in [6, 6.07) is 0. The second-order valence-corrected chi connectivity index (χ2v) is 10.6. The van der Waals surface area contributed by atoms with Crippen LogP contribution in [0, 0.1) is 17.3 Å². The number of fused-ring (bicyclic) bond motifs is 2. The molecular formula is C24H32N2O7. The molecule has 1 amide bonds. The number of carbonyl (C=O) groups excluding carboxylic acids is 3. The van der Waals surface area contributed by atoms with Crippen LogP contribution in [0.25, 0.3) is 0 Å². The topological polar surface area (TPSA) is 133 Å². The summed E-state index contributed by atoms with van der Waals surface area (Å²) >= 11 is 0. The van der Waals surface area contributed by atoms with Crippen LogP contribution in [0.5, 0.6) is 0 Å². The predicted octanol–water partition coefficient (Wildman–Crippen LogP) is 1.38. The summed E-state index contributed by atoms with van der Waals surface area (Å²) in [5.74, 6) is -0.00317. The zero-order chi connectivity index (χ0) is 23.0. The minimum absolute atomic E-state index is 0.00125. The number of carbonyl (C=O) groups is 3. The Labute approximate surface area is 192 Å². The van der Waals surface area contributed by atoms with E-state index in [1.165, 1.54) is 0 Å². The van der Waals surface area contributed by atoms with Gasteiger partial charge in [0.15, 0.2) is 11.4 Å². The number of Topliss-reactive ketones (excluding diaryl/α,β-unsaturated/α-hetero) is 1. The van der Waals surface area contributed by atoms with Crippen molar-refractivity contribution in [1.29, 1.82) is 0 Å². The Morgan fingerprint density at radius 2 is 2.06 bits per heavy atom. The van der Waals surface area contributed by atoms with Gasteiger partial charge in [0.1, 0.15) is 12.2 Å². The number of esters is 1. The van der Waals surface area contributed by atoms with Crippen LogP contribution in [0.4, 0.5) is 4.79 Å². The first kappa shape index (κ1) is 21.6. The van der Waals surface area contributed by atoms with E-state index in [9.17, 15) is 14.4 Å². The van der Waals surface area contributed by atoms with Crippen LogP contribution < -0.4 is 11.1 Å². The number of ketones is 1. The lowest BCUT2D eigenvalue weighted by molar-refractivity contribution is -0.138. The van der Waals surface area contributed by atoms with Gasteiger partial charge in [-0.05, 0) is 63.0 Å². The minimum atomic E-state index is -0.839. The number of ether oxygens (including phenoxy) is 4. The smallest absolute Gasteiger partial charge is 0.407 e. The molecule has 0 aromatic carbocycles. The van der Waals surface area contributed by atoms with Crippen LogP contribution >= 0.6 is 0 Å². The van der Waals surface area contributed by atoms with E-state index >= 15 is 0 Å². The second-order valence-electron chi connectivity index (χ2n) is 10.6. The van der Waals surface area contributed by atoms with Crippen LogP contribution in [0.2, 0.25) is 0 Å². The lowest BCUT2D eigenvalue weighted by Gasteiger charge is -2.52. The van der Waals surface area contributed by atoms with Crippen molar-refractivity contribution < 1.29 is 33.3 Å². The molecule has 2 saturated heterocycles. The molecule has 0 bridgehead atoms. The third kappa shape index (κ3) is 2.73. The van der Waals surface area contributed by atoms with Gasteiger partial charge in [-0.25, -0.2) is 9.59 Å². The van der Waals surface area contributed by atoms with E-state index in [0.717, 1.165) is 24.0 Å². The molecule has 2 saturated carbocycles. The van der Waals surface area contributed by atoms with Crippen molar-refractivity contribution in [3.63, 3.8) is 0 Å². The number of rotatable bonds is 7. The average molecular weight is 461 g/mol. The van der Waals surface area contributed by atoms with E-state index in [2.05, 4.69) is 12.2 Å². The summed E-state index contributed by atoms with van der Waals surface area (Å²) in [5.41, 5.74) is 5.71. The van der Waals surface area contributed by atoms with E-state index in [1.54, 1.807) is 0 Å². The molecule has 33 heavy (non-hydrogen) atoms. The zero-order valence-electron chi connectivity index (χ0n) is 19.0. The summed E-state index contributed by atoms with van der Waals surface area (Å²) in [4.78, 5) is 37.6. The first-order chi connectivity index (χ1) is 15.9.